The smallest absolute Gasteiger partial charge is 0.191 e. The molecule has 0 spiro atoms. The number of ether oxygens (including phenoxy) is 2. The van der Waals surface area contributed by atoms with Gasteiger partial charge >= 0.3 is 0 Å². The van der Waals surface area contributed by atoms with E-state index in [1.54, 1.807) is 0 Å². The second-order valence-corrected chi connectivity index (χ2v) is 8.77. The molecule has 2 aliphatic heterocycles. The van der Waals surface area contributed by atoms with Gasteiger partial charge in [0.15, 0.2) is 5.96 Å². The lowest BCUT2D eigenvalue weighted by atomic mass is 10.1. The molecule has 0 radical (unpaired) electrons. The Morgan fingerprint density at radius 2 is 2.03 bits per heavy atom. The third-order valence-electron chi connectivity index (χ3n) is 5.21. The highest BCUT2D eigenvalue weighted by atomic mass is 127. The molecule has 2 fully saturated rings. The van der Waals surface area contributed by atoms with E-state index < -0.39 is 0 Å². The normalized spacial score (nSPS) is 19.4. The fourth-order valence-corrected chi connectivity index (χ4v) is 4.39. The number of benzene rings is 1. The molecule has 0 amide bonds. The molecular formula is C22H37IN4O2S. The van der Waals surface area contributed by atoms with E-state index in [1.807, 2.05) is 11.8 Å². The summed E-state index contributed by atoms with van der Waals surface area (Å²) >= 11 is 2.04. The second-order valence-electron chi connectivity index (χ2n) is 7.55. The lowest BCUT2D eigenvalue weighted by molar-refractivity contribution is 0.0888. The third-order valence-corrected chi connectivity index (χ3v) is 6.15. The lowest BCUT2D eigenvalue weighted by Gasteiger charge is -2.28. The molecule has 8 heteroatoms. The summed E-state index contributed by atoms with van der Waals surface area (Å²) in [7, 11) is 0. The van der Waals surface area contributed by atoms with Crippen LogP contribution in [-0.2, 0) is 16.0 Å². The first-order valence-corrected chi connectivity index (χ1v) is 12.1. The Morgan fingerprint density at radius 1 is 1.23 bits per heavy atom. The maximum atomic E-state index is 5.76. The van der Waals surface area contributed by atoms with Crippen molar-refractivity contribution in [2.24, 2.45) is 10.9 Å². The van der Waals surface area contributed by atoms with Gasteiger partial charge in [-0.25, -0.2) is 4.99 Å². The average Bonchev–Trinajstić information content (AvgIpc) is 3.29. The number of hydrogen-bond acceptors (Lipinski definition) is 5. The summed E-state index contributed by atoms with van der Waals surface area (Å²) in [5.74, 6) is 3.91. The SMILES string of the molecule is CCNC(=NCc1ccc(N2CCSCC2)cc1)NCCCOCC1CCOC1.I. The molecule has 6 nitrogen and oxygen atoms in total. The summed E-state index contributed by atoms with van der Waals surface area (Å²) < 4.78 is 11.1. The van der Waals surface area contributed by atoms with Crippen molar-refractivity contribution < 1.29 is 9.47 Å². The quantitative estimate of drug-likeness (QED) is 0.203. The van der Waals surface area contributed by atoms with Crippen LogP contribution in [0.4, 0.5) is 5.69 Å². The number of rotatable bonds is 10. The van der Waals surface area contributed by atoms with Crippen molar-refractivity contribution in [3.05, 3.63) is 29.8 Å². The molecular weight excluding hydrogens is 511 g/mol. The van der Waals surface area contributed by atoms with Crippen molar-refractivity contribution in [3.8, 4) is 0 Å². The van der Waals surface area contributed by atoms with E-state index in [0.717, 1.165) is 71.4 Å². The zero-order chi connectivity index (χ0) is 20.2. The molecule has 1 unspecified atom stereocenters. The van der Waals surface area contributed by atoms with Crippen molar-refractivity contribution in [3.63, 3.8) is 0 Å². The fraction of sp³-hybridized carbons (Fsp3) is 0.682. The number of thioether (sulfide) groups is 1. The summed E-state index contributed by atoms with van der Waals surface area (Å²) in [5.41, 5.74) is 2.56. The number of hydrogen-bond donors (Lipinski definition) is 2. The molecule has 170 valence electrons. The van der Waals surface area contributed by atoms with Crippen molar-refractivity contribution in [1.29, 1.82) is 0 Å². The molecule has 1 atom stereocenters. The van der Waals surface area contributed by atoms with Crippen molar-refractivity contribution in [1.82, 2.24) is 10.6 Å². The number of nitrogens with zero attached hydrogens (tertiary/aromatic N) is 2. The van der Waals surface area contributed by atoms with Gasteiger partial charge < -0.3 is 25.0 Å². The standard InChI is InChI=1S/C22H36N4O2S.HI/c1-2-23-22(24-9-3-12-27-17-20-8-13-28-18-20)25-16-19-4-6-21(7-5-19)26-10-14-29-15-11-26;/h4-7,20H,2-3,8-18H2,1H3,(H2,23,24,25);1H. The Bertz CT molecular complexity index is 606. The highest BCUT2D eigenvalue weighted by Gasteiger charge is 2.15. The minimum absolute atomic E-state index is 0. The maximum Gasteiger partial charge on any atom is 0.191 e. The van der Waals surface area contributed by atoms with E-state index >= 15 is 0 Å². The molecule has 0 saturated carbocycles. The van der Waals surface area contributed by atoms with E-state index in [0.29, 0.717) is 12.5 Å². The van der Waals surface area contributed by atoms with Crippen LogP contribution in [0.1, 0.15) is 25.3 Å². The first-order chi connectivity index (χ1) is 14.3. The van der Waals surface area contributed by atoms with Crippen LogP contribution >= 0.6 is 35.7 Å². The Hall–Kier alpha value is -0.710. The van der Waals surface area contributed by atoms with Crippen molar-refractivity contribution in [2.45, 2.75) is 26.3 Å². The second kappa shape index (κ2) is 15.2. The molecule has 2 saturated heterocycles. The first-order valence-electron chi connectivity index (χ1n) is 10.9. The topological polar surface area (TPSA) is 58.1 Å². The van der Waals surface area contributed by atoms with Gasteiger partial charge in [0, 0.05) is 62.5 Å². The first kappa shape index (κ1) is 25.5. The van der Waals surface area contributed by atoms with Gasteiger partial charge in [-0.05, 0) is 37.5 Å². The molecule has 2 aliphatic rings. The highest BCUT2D eigenvalue weighted by Crippen LogP contribution is 2.20. The molecule has 0 aliphatic carbocycles. The zero-order valence-electron chi connectivity index (χ0n) is 18.1. The minimum Gasteiger partial charge on any atom is -0.381 e. The van der Waals surface area contributed by atoms with Crippen LogP contribution in [0.5, 0.6) is 0 Å². The third kappa shape index (κ3) is 9.20. The molecule has 2 heterocycles. The van der Waals surface area contributed by atoms with Gasteiger partial charge in [0.1, 0.15) is 0 Å². The van der Waals surface area contributed by atoms with E-state index in [1.165, 1.54) is 22.8 Å². The van der Waals surface area contributed by atoms with Gasteiger partial charge in [-0.2, -0.15) is 11.8 Å². The zero-order valence-corrected chi connectivity index (χ0v) is 21.3. The fourth-order valence-electron chi connectivity index (χ4n) is 3.49. The number of aliphatic imine (C=N–C) groups is 1. The van der Waals surface area contributed by atoms with Crippen LogP contribution in [-0.4, -0.2) is 70.1 Å². The van der Waals surface area contributed by atoms with Crippen LogP contribution < -0.4 is 15.5 Å². The van der Waals surface area contributed by atoms with E-state index in [9.17, 15) is 0 Å². The highest BCUT2D eigenvalue weighted by molar-refractivity contribution is 14.0. The minimum atomic E-state index is 0. The number of anilines is 1. The van der Waals surface area contributed by atoms with Gasteiger partial charge in [-0.1, -0.05) is 12.1 Å². The average molecular weight is 549 g/mol. The lowest BCUT2D eigenvalue weighted by Crippen LogP contribution is -2.38. The summed E-state index contributed by atoms with van der Waals surface area (Å²) in [6.07, 6.45) is 2.11. The maximum absolute atomic E-state index is 5.76. The summed E-state index contributed by atoms with van der Waals surface area (Å²) in [6.45, 7) is 10.1. The monoisotopic (exact) mass is 548 g/mol. The Labute approximate surface area is 203 Å². The molecule has 1 aromatic rings. The van der Waals surface area contributed by atoms with Crippen LogP contribution in [0.2, 0.25) is 0 Å². The molecule has 2 N–H and O–H groups in total. The predicted molar refractivity (Wildman–Crippen MR) is 139 cm³/mol. The summed E-state index contributed by atoms with van der Waals surface area (Å²) in [6, 6.07) is 8.86. The number of guanidine groups is 1. The van der Waals surface area contributed by atoms with Gasteiger partial charge in [0.25, 0.3) is 0 Å². The van der Waals surface area contributed by atoms with E-state index in [4.69, 9.17) is 14.5 Å². The number of nitrogens with one attached hydrogen (secondary N) is 2. The van der Waals surface area contributed by atoms with E-state index in [2.05, 4.69) is 46.7 Å². The Balaban J connectivity index is 0.00000320. The largest absolute Gasteiger partial charge is 0.381 e. The number of halogens is 1. The van der Waals surface area contributed by atoms with Gasteiger partial charge in [-0.15, -0.1) is 24.0 Å². The van der Waals surface area contributed by atoms with Crippen LogP contribution in [0.3, 0.4) is 0 Å². The molecule has 0 bridgehead atoms. The molecule has 3 rings (SSSR count). The van der Waals surface area contributed by atoms with Gasteiger partial charge in [-0.3, -0.25) is 0 Å². The predicted octanol–water partition coefficient (Wildman–Crippen LogP) is 3.36. The summed E-state index contributed by atoms with van der Waals surface area (Å²) in [4.78, 5) is 7.20. The van der Waals surface area contributed by atoms with Crippen LogP contribution in [0, 0.1) is 5.92 Å². The van der Waals surface area contributed by atoms with Crippen LogP contribution in [0.25, 0.3) is 0 Å². The summed E-state index contributed by atoms with van der Waals surface area (Å²) in [5, 5.41) is 6.73. The Kier molecular flexibility index (Phi) is 12.9. The van der Waals surface area contributed by atoms with Crippen molar-refractivity contribution >= 4 is 47.4 Å². The van der Waals surface area contributed by atoms with Gasteiger partial charge in [0.05, 0.1) is 19.8 Å². The van der Waals surface area contributed by atoms with Gasteiger partial charge in [0.2, 0.25) is 0 Å². The van der Waals surface area contributed by atoms with Crippen molar-refractivity contribution in [2.75, 3.05) is 69.0 Å². The molecule has 1 aromatic carbocycles. The molecule has 30 heavy (non-hydrogen) atoms. The van der Waals surface area contributed by atoms with Crippen LogP contribution in [0.15, 0.2) is 29.3 Å². The van der Waals surface area contributed by atoms with E-state index in [-0.39, 0.29) is 24.0 Å². The molecule has 0 aromatic heterocycles. The Morgan fingerprint density at radius 3 is 2.73 bits per heavy atom.